The van der Waals surface area contributed by atoms with Gasteiger partial charge >= 0.3 is 0 Å². The lowest BCUT2D eigenvalue weighted by Gasteiger charge is -2.09. The monoisotopic (exact) mass is 240 g/mol. The highest BCUT2D eigenvalue weighted by atomic mass is 19.1. The Labute approximate surface area is 96.9 Å². The van der Waals surface area contributed by atoms with Gasteiger partial charge in [-0.3, -0.25) is 9.59 Å². The van der Waals surface area contributed by atoms with Crippen LogP contribution < -0.4 is 22.5 Å². The number of nitrogen functional groups attached to an aromatic ring is 1. The molecule has 0 aliphatic rings. The molecule has 0 unspecified atom stereocenters. The maximum atomic E-state index is 13.4. The molecule has 7 N–H and O–H groups in total. The predicted octanol–water partition coefficient (Wildman–Crippen LogP) is -0.206. The number of amides is 2. The van der Waals surface area contributed by atoms with E-state index in [2.05, 4.69) is 5.32 Å². The normalized spacial score (nSPS) is 9.94. The van der Waals surface area contributed by atoms with Crippen molar-refractivity contribution in [2.75, 3.05) is 17.6 Å². The van der Waals surface area contributed by atoms with Gasteiger partial charge < -0.3 is 22.5 Å². The van der Waals surface area contributed by atoms with Gasteiger partial charge in [-0.25, -0.2) is 4.39 Å². The van der Waals surface area contributed by atoms with E-state index in [1.807, 2.05) is 0 Å². The summed E-state index contributed by atoms with van der Waals surface area (Å²) in [5.74, 6) is -1.89. The Morgan fingerprint density at radius 1 is 1.29 bits per heavy atom. The third-order valence-corrected chi connectivity index (χ3v) is 2.09. The zero-order valence-electron chi connectivity index (χ0n) is 9.00. The largest absolute Gasteiger partial charge is 0.398 e. The first-order valence-corrected chi connectivity index (χ1v) is 4.83. The zero-order chi connectivity index (χ0) is 13.0. The van der Waals surface area contributed by atoms with Gasteiger partial charge in [-0.15, -0.1) is 0 Å². The van der Waals surface area contributed by atoms with Crippen molar-refractivity contribution in [3.63, 3.8) is 0 Å². The number of anilines is 2. The quantitative estimate of drug-likeness (QED) is 0.531. The highest BCUT2D eigenvalue weighted by Gasteiger charge is 2.11. The fourth-order valence-electron chi connectivity index (χ4n) is 1.26. The molecule has 0 radical (unpaired) electrons. The number of primary amides is 2. The van der Waals surface area contributed by atoms with E-state index in [0.29, 0.717) is 0 Å². The van der Waals surface area contributed by atoms with E-state index in [4.69, 9.17) is 17.2 Å². The molecule has 2 amide bonds. The Kier molecular flexibility index (Phi) is 3.86. The molecule has 1 rings (SSSR count). The van der Waals surface area contributed by atoms with Crippen LogP contribution in [0.15, 0.2) is 12.1 Å². The van der Waals surface area contributed by atoms with Crippen LogP contribution in [0.5, 0.6) is 0 Å². The maximum Gasteiger partial charge on any atom is 0.250 e. The van der Waals surface area contributed by atoms with Crippen LogP contribution in [0.2, 0.25) is 0 Å². The third-order valence-electron chi connectivity index (χ3n) is 2.09. The summed E-state index contributed by atoms with van der Waals surface area (Å²) < 4.78 is 13.4. The Morgan fingerprint density at radius 3 is 2.47 bits per heavy atom. The minimum absolute atomic E-state index is 0.0213. The van der Waals surface area contributed by atoms with Crippen LogP contribution in [0.25, 0.3) is 0 Å². The van der Waals surface area contributed by atoms with Crippen LogP contribution in [0, 0.1) is 5.82 Å². The predicted molar refractivity (Wildman–Crippen MR) is 61.6 cm³/mol. The first-order valence-electron chi connectivity index (χ1n) is 4.83. The summed E-state index contributed by atoms with van der Waals surface area (Å²) in [5, 5.41) is 2.63. The molecule has 0 heterocycles. The molecule has 0 saturated heterocycles. The molecule has 0 aromatic heterocycles. The summed E-state index contributed by atoms with van der Waals surface area (Å²) in [6, 6.07) is 2.20. The van der Waals surface area contributed by atoms with Crippen molar-refractivity contribution >= 4 is 23.2 Å². The molecule has 1 aromatic carbocycles. The summed E-state index contributed by atoms with van der Waals surface area (Å²) in [6.45, 7) is 0.161. The van der Waals surface area contributed by atoms with Gasteiger partial charge in [0.25, 0.3) is 5.91 Å². The van der Waals surface area contributed by atoms with Crippen molar-refractivity contribution in [2.45, 2.75) is 6.42 Å². The number of rotatable bonds is 5. The molecule has 0 fully saturated rings. The molecule has 0 aliphatic carbocycles. The van der Waals surface area contributed by atoms with E-state index in [-0.39, 0.29) is 29.9 Å². The summed E-state index contributed by atoms with van der Waals surface area (Å²) in [4.78, 5) is 21.5. The molecule has 17 heavy (non-hydrogen) atoms. The SMILES string of the molecule is NC(=O)CCNc1cc(C(N)=O)c(N)cc1F. The van der Waals surface area contributed by atoms with E-state index in [1.54, 1.807) is 0 Å². The lowest BCUT2D eigenvalue weighted by molar-refractivity contribution is -0.117. The van der Waals surface area contributed by atoms with Crippen LogP contribution in [-0.4, -0.2) is 18.4 Å². The molecule has 0 spiro atoms. The van der Waals surface area contributed by atoms with Gasteiger partial charge in [0.2, 0.25) is 5.91 Å². The number of nitrogens with one attached hydrogen (secondary N) is 1. The topological polar surface area (TPSA) is 124 Å². The first kappa shape index (κ1) is 12.8. The van der Waals surface area contributed by atoms with Gasteiger partial charge in [0.05, 0.1) is 11.3 Å². The maximum absolute atomic E-state index is 13.4. The average Bonchev–Trinajstić information content (AvgIpc) is 2.20. The molecule has 7 heteroatoms. The average molecular weight is 240 g/mol. The van der Waals surface area contributed by atoms with Crippen molar-refractivity contribution in [1.29, 1.82) is 0 Å². The second-order valence-corrected chi connectivity index (χ2v) is 3.43. The molecule has 92 valence electrons. The molecular weight excluding hydrogens is 227 g/mol. The van der Waals surface area contributed by atoms with Crippen molar-refractivity contribution in [3.05, 3.63) is 23.5 Å². The van der Waals surface area contributed by atoms with Gasteiger partial charge in [-0.1, -0.05) is 0 Å². The van der Waals surface area contributed by atoms with Crippen molar-refractivity contribution in [1.82, 2.24) is 0 Å². The molecule has 0 aliphatic heterocycles. The number of carbonyl (C=O) groups is 2. The van der Waals surface area contributed by atoms with Crippen LogP contribution in [0.1, 0.15) is 16.8 Å². The first-order chi connectivity index (χ1) is 7.91. The molecule has 6 nitrogen and oxygen atoms in total. The summed E-state index contributed by atoms with van der Waals surface area (Å²) in [6.07, 6.45) is 0.0513. The second-order valence-electron chi connectivity index (χ2n) is 3.43. The minimum Gasteiger partial charge on any atom is -0.398 e. The van der Waals surface area contributed by atoms with Crippen LogP contribution in [0.4, 0.5) is 15.8 Å². The van der Waals surface area contributed by atoms with Gasteiger partial charge in [-0.05, 0) is 12.1 Å². The standard InChI is InChI=1S/C10H13FN4O2/c11-6-4-7(12)5(10(14)17)3-8(6)15-2-1-9(13)16/h3-4,15H,1-2,12H2,(H2,13,16)(H2,14,17). The Morgan fingerprint density at radius 2 is 1.94 bits per heavy atom. The fourth-order valence-corrected chi connectivity index (χ4v) is 1.26. The highest BCUT2D eigenvalue weighted by molar-refractivity contribution is 5.99. The van der Waals surface area contributed by atoms with E-state index in [1.165, 1.54) is 6.07 Å². The van der Waals surface area contributed by atoms with Crippen molar-refractivity contribution in [2.24, 2.45) is 11.5 Å². The Balaban J connectivity index is 2.88. The number of nitrogens with two attached hydrogens (primary N) is 3. The lowest BCUT2D eigenvalue weighted by Crippen LogP contribution is -2.18. The van der Waals surface area contributed by atoms with Crippen LogP contribution in [-0.2, 0) is 4.79 Å². The van der Waals surface area contributed by atoms with Gasteiger partial charge in [0.15, 0.2) is 0 Å². The van der Waals surface area contributed by atoms with E-state index in [0.717, 1.165) is 6.07 Å². The van der Waals surface area contributed by atoms with E-state index < -0.39 is 17.6 Å². The fraction of sp³-hybridized carbons (Fsp3) is 0.200. The number of hydrogen-bond acceptors (Lipinski definition) is 4. The number of carbonyl (C=O) groups excluding carboxylic acids is 2. The van der Waals surface area contributed by atoms with Gasteiger partial charge in [-0.2, -0.15) is 0 Å². The number of hydrogen-bond donors (Lipinski definition) is 4. The molecular formula is C10H13FN4O2. The smallest absolute Gasteiger partial charge is 0.250 e. The van der Waals surface area contributed by atoms with Gasteiger partial charge in [0, 0.05) is 18.7 Å². The molecule has 0 bridgehead atoms. The highest BCUT2D eigenvalue weighted by Crippen LogP contribution is 2.21. The Bertz CT molecular complexity index is 462. The van der Waals surface area contributed by atoms with Crippen molar-refractivity contribution in [3.8, 4) is 0 Å². The second kappa shape index (κ2) is 5.15. The van der Waals surface area contributed by atoms with Gasteiger partial charge in [0.1, 0.15) is 5.82 Å². The van der Waals surface area contributed by atoms with Crippen LogP contribution >= 0.6 is 0 Å². The summed E-state index contributed by atoms with van der Waals surface area (Å²) in [5.41, 5.74) is 15.5. The van der Waals surface area contributed by atoms with Crippen molar-refractivity contribution < 1.29 is 14.0 Å². The minimum atomic E-state index is -0.750. The van der Waals surface area contributed by atoms with E-state index in [9.17, 15) is 14.0 Å². The number of halogens is 1. The summed E-state index contributed by atoms with van der Waals surface area (Å²) in [7, 11) is 0. The molecule has 0 saturated carbocycles. The summed E-state index contributed by atoms with van der Waals surface area (Å²) >= 11 is 0. The Hall–Kier alpha value is -2.31. The lowest BCUT2D eigenvalue weighted by atomic mass is 10.1. The molecule has 1 aromatic rings. The third kappa shape index (κ3) is 3.33. The zero-order valence-corrected chi connectivity index (χ0v) is 9.00. The number of benzene rings is 1. The van der Waals surface area contributed by atoms with E-state index >= 15 is 0 Å². The molecule has 0 atom stereocenters. The van der Waals surface area contributed by atoms with Crippen LogP contribution in [0.3, 0.4) is 0 Å².